The van der Waals surface area contributed by atoms with E-state index in [1.165, 1.54) is 38.5 Å². The Kier molecular flexibility index (Phi) is 4.67. The smallest absolute Gasteiger partial charge is 0.00923 e. The van der Waals surface area contributed by atoms with Crippen LogP contribution in [0.15, 0.2) is 0 Å². The molecule has 1 radical (unpaired) electrons. The van der Waals surface area contributed by atoms with Crippen LogP contribution >= 0.6 is 0 Å². The molecule has 1 N–H and O–H groups in total. The molecule has 71 valence electrons. The summed E-state index contributed by atoms with van der Waals surface area (Å²) in [7, 11) is 2.09. The average molecular weight is 168 g/mol. The number of nitrogens with one attached hydrogen (secondary N) is 1. The molecule has 1 fully saturated rings. The molecule has 0 heterocycles. The molecule has 0 aromatic carbocycles. The van der Waals surface area contributed by atoms with E-state index < -0.39 is 0 Å². The molecule has 1 unspecified atom stereocenters. The lowest BCUT2D eigenvalue weighted by Gasteiger charge is -2.29. The van der Waals surface area contributed by atoms with Gasteiger partial charge in [-0.2, -0.15) is 0 Å². The zero-order valence-corrected chi connectivity index (χ0v) is 8.31. The minimum Gasteiger partial charge on any atom is -0.317 e. The zero-order valence-electron chi connectivity index (χ0n) is 8.31. The Morgan fingerprint density at radius 1 is 1.33 bits per heavy atom. The van der Waals surface area contributed by atoms with E-state index in [0.29, 0.717) is 0 Å². The number of rotatable bonds is 4. The van der Waals surface area contributed by atoms with Gasteiger partial charge in [-0.1, -0.05) is 32.6 Å². The molecule has 1 aliphatic rings. The van der Waals surface area contributed by atoms with Gasteiger partial charge in [-0.25, -0.2) is 0 Å². The van der Waals surface area contributed by atoms with Gasteiger partial charge in [-0.15, -0.1) is 0 Å². The minimum atomic E-state index is 0.739. The molecule has 0 spiro atoms. The molecule has 1 heteroatoms. The van der Waals surface area contributed by atoms with Gasteiger partial charge in [0.1, 0.15) is 0 Å². The van der Waals surface area contributed by atoms with Crippen LogP contribution in [0.1, 0.15) is 44.9 Å². The first-order valence-corrected chi connectivity index (χ1v) is 5.35. The van der Waals surface area contributed by atoms with Crippen LogP contribution in [0.2, 0.25) is 0 Å². The maximum Gasteiger partial charge on any atom is 0.00923 e. The normalized spacial score (nSPS) is 22.5. The Balaban J connectivity index is 2.29. The summed E-state index contributed by atoms with van der Waals surface area (Å²) in [5.41, 5.74) is 0. The monoisotopic (exact) mass is 168 g/mol. The van der Waals surface area contributed by atoms with E-state index in [-0.39, 0.29) is 0 Å². The Hall–Kier alpha value is -0.0400. The summed E-state index contributed by atoms with van der Waals surface area (Å²) in [5.74, 6) is 0.936. The fourth-order valence-electron chi connectivity index (χ4n) is 2.37. The maximum absolute atomic E-state index is 3.93. The van der Waals surface area contributed by atoms with Crippen LogP contribution in [0.3, 0.4) is 0 Å². The molecule has 1 aliphatic carbocycles. The second-order valence-electron chi connectivity index (χ2n) is 3.94. The van der Waals surface area contributed by atoms with E-state index in [2.05, 4.69) is 19.3 Å². The molecule has 0 aromatic rings. The second kappa shape index (κ2) is 5.58. The summed E-state index contributed by atoms with van der Waals surface area (Å²) in [4.78, 5) is 0. The van der Waals surface area contributed by atoms with Gasteiger partial charge in [0.25, 0.3) is 0 Å². The third-order valence-electron chi connectivity index (χ3n) is 3.10. The summed E-state index contributed by atoms with van der Waals surface area (Å²) >= 11 is 0. The van der Waals surface area contributed by atoms with Gasteiger partial charge >= 0.3 is 0 Å². The first kappa shape index (κ1) is 10.0. The molecule has 0 aliphatic heterocycles. The lowest BCUT2D eigenvalue weighted by atomic mass is 9.82. The van der Waals surface area contributed by atoms with E-state index in [9.17, 15) is 0 Å². The van der Waals surface area contributed by atoms with Crippen LogP contribution < -0.4 is 5.32 Å². The van der Waals surface area contributed by atoms with E-state index in [1.807, 2.05) is 0 Å². The van der Waals surface area contributed by atoms with Crippen LogP contribution in [0, 0.1) is 12.8 Å². The van der Waals surface area contributed by atoms with Gasteiger partial charge in [0.2, 0.25) is 0 Å². The van der Waals surface area contributed by atoms with E-state index in [0.717, 1.165) is 18.4 Å². The van der Waals surface area contributed by atoms with Crippen LogP contribution in [0.25, 0.3) is 0 Å². The van der Waals surface area contributed by atoms with Crippen molar-refractivity contribution in [2.75, 3.05) is 7.05 Å². The van der Waals surface area contributed by atoms with Crippen molar-refractivity contribution in [2.24, 2.45) is 5.92 Å². The zero-order chi connectivity index (χ0) is 8.81. The van der Waals surface area contributed by atoms with E-state index in [4.69, 9.17) is 0 Å². The van der Waals surface area contributed by atoms with Crippen molar-refractivity contribution in [3.8, 4) is 0 Å². The SMILES string of the molecule is [CH2]CCC(NC)C1CCCCC1. The Morgan fingerprint density at radius 2 is 2.00 bits per heavy atom. The maximum atomic E-state index is 3.93. The quantitative estimate of drug-likeness (QED) is 0.680. The van der Waals surface area contributed by atoms with Gasteiger partial charge in [0.15, 0.2) is 0 Å². The molecule has 0 aromatic heterocycles. The van der Waals surface area contributed by atoms with Gasteiger partial charge < -0.3 is 5.32 Å². The average Bonchev–Trinajstić information content (AvgIpc) is 2.15. The number of hydrogen-bond donors (Lipinski definition) is 1. The highest BCUT2D eigenvalue weighted by Crippen LogP contribution is 2.27. The van der Waals surface area contributed by atoms with Crippen LogP contribution in [0.5, 0.6) is 0 Å². The number of hydrogen-bond acceptors (Lipinski definition) is 1. The summed E-state index contributed by atoms with van der Waals surface area (Å²) in [6, 6.07) is 0.739. The molecule has 1 saturated carbocycles. The van der Waals surface area contributed by atoms with Crippen molar-refractivity contribution in [1.29, 1.82) is 0 Å². The van der Waals surface area contributed by atoms with Crippen molar-refractivity contribution < 1.29 is 0 Å². The fraction of sp³-hybridized carbons (Fsp3) is 0.909. The molecular weight excluding hydrogens is 146 g/mol. The highest BCUT2D eigenvalue weighted by molar-refractivity contribution is 4.78. The van der Waals surface area contributed by atoms with Gasteiger partial charge in [0.05, 0.1) is 0 Å². The van der Waals surface area contributed by atoms with Crippen molar-refractivity contribution >= 4 is 0 Å². The summed E-state index contributed by atoms with van der Waals surface area (Å²) in [5, 5.41) is 3.43. The Bertz CT molecular complexity index is 103. The lowest BCUT2D eigenvalue weighted by molar-refractivity contribution is 0.268. The topological polar surface area (TPSA) is 12.0 Å². The van der Waals surface area contributed by atoms with Crippen molar-refractivity contribution in [2.45, 2.75) is 51.0 Å². The lowest BCUT2D eigenvalue weighted by Crippen LogP contribution is -2.34. The third-order valence-corrected chi connectivity index (χ3v) is 3.10. The second-order valence-corrected chi connectivity index (χ2v) is 3.94. The molecule has 1 atom stereocenters. The van der Waals surface area contributed by atoms with Crippen LogP contribution in [-0.4, -0.2) is 13.1 Å². The third kappa shape index (κ3) is 2.78. The van der Waals surface area contributed by atoms with Gasteiger partial charge in [-0.05, 0) is 32.2 Å². The van der Waals surface area contributed by atoms with E-state index >= 15 is 0 Å². The van der Waals surface area contributed by atoms with Crippen molar-refractivity contribution in [1.82, 2.24) is 5.32 Å². The summed E-state index contributed by atoms with van der Waals surface area (Å²) < 4.78 is 0. The van der Waals surface area contributed by atoms with Gasteiger partial charge in [-0.3, -0.25) is 0 Å². The van der Waals surface area contributed by atoms with Gasteiger partial charge in [0, 0.05) is 6.04 Å². The molecule has 1 rings (SSSR count). The predicted octanol–water partition coefficient (Wildman–Crippen LogP) is 2.77. The highest BCUT2D eigenvalue weighted by Gasteiger charge is 2.20. The first-order valence-electron chi connectivity index (χ1n) is 5.35. The Labute approximate surface area is 76.9 Å². The minimum absolute atomic E-state index is 0.739. The Morgan fingerprint density at radius 3 is 2.50 bits per heavy atom. The van der Waals surface area contributed by atoms with Crippen LogP contribution in [0.4, 0.5) is 0 Å². The molecule has 12 heavy (non-hydrogen) atoms. The van der Waals surface area contributed by atoms with Crippen molar-refractivity contribution in [3.05, 3.63) is 6.92 Å². The van der Waals surface area contributed by atoms with E-state index in [1.54, 1.807) is 0 Å². The highest BCUT2D eigenvalue weighted by atomic mass is 14.9. The predicted molar refractivity (Wildman–Crippen MR) is 54.0 cm³/mol. The summed E-state index contributed by atoms with van der Waals surface area (Å²) in [6.45, 7) is 3.93. The first-order chi connectivity index (χ1) is 5.88. The molecule has 0 bridgehead atoms. The molecule has 1 nitrogen and oxygen atoms in total. The summed E-state index contributed by atoms with van der Waals surface area (Å²) in [6.07, 6.45) is 9.54. The van der Waals surface area contributed by atoms with Crippen molar-refractivity contribution in [3.63, 3.8) is 0 Å². The largest absolute Gasteiger partial charge is 0.317 e. The molecular formula is C11H22N. The fourth-order valence-corrected chi connectivity index (χ4v) is 2.37. The van der Waals surface area contributed by atoms with Crippen LogP contribution in [-0.2, 0) is 0 Å². The molecule has 0 saturated heterocycles. The standard InChI is InChI=1S/C11H22N/c1-3-7-11(12-2)10-8-5-4-6-9-10/h10-12H,1,3-9H2,2H3. The molecule has 0 amide bonds.